The fourth-order valence-electron chi connectivity index (χ4n) is 2.49. The Balaban J connectivity index is 2.26. The average molecular weight is 273 g/mol. The van der Waals surface area contributed by atoms with Gasteiger partial charge in [-0.2, -0.15) is 0 Å². The molecule has 0 saturated heterocycles. The number of allylic oxidation sites excluding steroid dienone is 1. The molecule has 5 nitrogen and oxygen atoms in total. The molecule has 1 aliphatic rings. The van der Waals surface area contributed by atoms with Gasteiger partial charge in [-0.3, -0.25) is 9.59 Å². The number of benzene rings is 1. The van der Waals surface area contributed by atoms with Crippen molar-refractivity contribution < 1.29 is 9.59 Å². The summed E-state index contributed by atoms with van der Waals surface area (Å²) >= 11 is 0. The maximum absolute atomic E-state index is 12.4. The third-order valence-electron chi connectivity index (χ3n) is 3.53. The second-order valence-corrected chi connectivity index (χ2v) is 4.85. The minimum atomic E-state index is -0.473. The normalized spacial score (nSPS) is 14.8. The topological polar surface area (TPSA) is 75.4 Å². The molecule has 3 N–H and O–H groups in total. The van der Waals surface area contributed by atoms with Crippen LogP contribution in [0.5, 0.6) is 0 Å². The van der Waals surface area contributed by atoms with Gasteiger partial charge in [0.2, 0.25) is 5.91 Å². The first-order valence-electron chi connectivity index (χ1n) is 6.60. The van der Waals surface area contributed by atoms with Gasteiger partial charge in [0.1, 0.15) is 6.04 Å². The Morgan fingerprint density at radius 1 is 1.60 bits per heavy atom. The number of carbonyl (C=O) groups excluding carboxylic acids is 2. The third kappa shape index (κ3) is 2.52. The van der Waals surface area contributed by atoms with E-state index in [1.165, 1.54) is 0 Å². The number of anilines is 1. The van der Waals surface area contributed by atoms with Crippen LogP contribution in [0.4, 0.5) is 5.69 Å². The quantitative estimate of drug-likeness (QED) is 0.627. The van der Waals surface area contributed by atoms with Gasteiger partial charge in [0.05, 0.1) is 0 Å². The smallest absolute Gasteiger partial charge is 0.255 e. The second-order valence-electron chi connectivity index (χ2n) is 4.85. The van der Waals surface area contributed by atoms with Crippen LogP contribution >= 0.6 is 0 Å². The number of rotatable bonds is 5. The van der Waals surface area contributed by atoms with E-state index in [1.807, 2.05) is 0 Å². The fourth-order valence-corrected chi connectivity index (χ4v) is 2.49. The lowest BCUT2D eigenvalue weighted by atomic mass is 10.1. The van der Waals surface area contributed by atoms with Crippen molar-refractivity contribution in [3.05, 3.63) is 42.0 Å². The number of likely N-dealkylation sites (N-methyl/N-ethyl adjacent to an activating group) is 1. The summed E-state index contributed by atoms with van der Waals surface area (Å²) in [5.41, 5.74) is 7.88. The van der Waals surface area contributed by atoms with Crippen molar-refractivity contribution in [3.8, 4) is 0 Å². The highest BCUT2D eigenvalue weighted by Crippen LogP contribution is 2.27. The predicted octanol–water partition coefficient (Wildman–Crippen LogP) is 1.31. The summed E-state index contributed by atoms with van der Waals surface area (Å²) in [6.07, 6.45) is 3.00. The minimum Gasteiger partial charge on any atom is -0.399 e. The lowest BCUT2D eigenvalue weighted by Crippen LogP contribution is -2.46. The van der Waals surface area contributed by atoms with Gasteiger partial charge < -0.3 is 16.0 Å². The first-order valence-corrected chi connectivity index (χ1v) is 6.60. The maximum Gasteiger partial charge on any atom is 0.255 e. The van der Waals surface area contributed by atoms with E-state index in [0.29, 0.717) is 30.6 Å². The summed E-state index contributed by atoms with van der Waals surface area (Å²) in [5.74, 6) is -0.265. The number of nitrogens with two attached hydrogens (primary N) is 1. The van der Waals surface area contributed by atoms with E-state index in [4.69, 9.17) is 5.73 Å². The molecule has 1 atom stereocenters. The van der Waals surface area contributed by atoms with Gasteiger partial charge in [-0.1, -0.05) is 6.08 Å². The zero-order chi connectivity index (χ0) is 14.7. The molecule has 0 aromatic heterocycles. The van der Waals surface area contributed by atoms with Crippen molar-refractivity contribution in [1.29, 1.82) is 0 Å². The summed E-state index contributed by atoms with van der Waals surface area (Å²) in [5, 5.41) is 2.62. The van der Waals surface area contributed by atoms with Crippen molar-refractivity contribution in [2.45, 2.75) is 25.4 Å². The Hall–Kier alpha value is -2.30. The number of carbonyl (C=O) groups is 2. The molecule has 20 heavy (non-hydrogen) atoms. The van der Waals surface area contributed by atoms with Crippen LogP contribution < -0.4 is 11.1 Å². The van der Waals surface area contributed by atoms with Crippen molar-refractivity contribution in [2.24, 2.45) is 0 Å². The Labute approximate surface area is 118 Å². The molecule has 1 aromatic carbocycles. The zero-order valence-corrected chi connectivity index (χ0v) is 11.6. The van der Waals surface area contributed by atoms with E-state index < -0.39 is 6.04 Å². The first-order chi connectivity index (χ1) is 9.58. The lowest BCUT2D eigenvalue weighted by molar-refractivity contribution is -0.125. The van der Waals surface area contributed by atoms with Crippen LogP contribution in [0.3, 0.4) is 0 Å². The molecule has 106 valence electrons. The molecule has 0 radical (unpaired) electrons. The molecule has 5 heteroatoms. The number of hydrogen-bond donors (Lipinski definition) is 2. The lowest BCUT2D eigenvalue weighted by Gasteiger charge is -2.26. The summed E-state index contributed by atoms with van der Waals surface area (Å²) < 4.78 is 0. The number of nitrogens with one attached hydrogen (secondary N) is 1. The van der Waals surface area contributed by atoms with Crippen LogP contribution in [-0.4, -0.2) is 29.8 Å². The van der Waals surface area contributed by atoms with Gasteiger partial charge in [0.15, 0.2) is 0 Å². The van der Waals surface area contributed by atoms with Crippen molar-refractivity contribution >= 4 is 17.5 Å². The molecule has 0 spiro atoms. The standard InChI is InChI=1S/C15H19N3O2/c1-3-4-5-13(14(19)17-2)18-9-10-8-11(16)6-7-12(10)15(18)20/h3,6-8,13H,1,4-5,9,16H2,2H3,(H,17,19). The van der Waals surface area contributed by atoms with Crippen LogP contribution in [0.25, 0.3) is 0 Å². The Bertz CT molecular complexity index is 554. The summed E-state index contributed by atoms with van der Waals surface area (Å²) in [6.45, 7) is 4.09. The molecule has 1 aromatic rings. The van der Waals surface area contributed by atoms with E-state index in [1.54, 1.807) is 36.2 Å². The van der Waals surface area contributed by atoms with E-state index in [2.05, 4.69) is 11.9 Å². The highest BCUT2D eigenvalue weighted by molar-refractivity contribution is 6.01. The van der Waals surface area contributed by atoms with Gasteiger partial charge in [-0.15, -0.1) is 6.58 Å². The molecular formula is C15H19N3O2. The molecule has 2 amide bonds. The molecule has 0 fully saturated rings. The summed E-state index contributed by atoms with van der Waals surface area (Å²) in [6, 6.07) is 4.75. The molecular weight excluding hydrogens is 254 g/mol. The Kier molecular flexibility index (Phi) is 4.08. The van der Waals surface area contributed by atoms with Gasteiger partial charge >= 0.3 is 0 Å². The summed E-state index contributed by atoms with van der Waals surface area (Å²) in [4.78, 5) is 26.0. The van der Waals surface area contributed by atoms with Crippen LogP contribution in [0.1, 0.15) is 28.8 Å². The molecule has 1 heterocycles. The number of nitrogens with zero attached hydrogens (tertiary/aromatic N) is 1. The van der Waals surface area contributed by atoms with Crippen molar-refractivity contribution in [2.75, 3.05) is 12.8 Å². The number of amides is 2. The minimum absolute atomic E-state index is 0.113. The van der Waals surface area contributed by atoms with Crippen molar-refractivity contribution in [3.63, 3.8) is 0 Å². The van der Waals surface area contributed by atoms with Crippen LogP contribution in [0.15, 0.2) is 30.9 Å². The second kappa shape index (κ2) is 5.77. The monoisotopic (exact) mass is 273 g/mol. The van der Waals surface area contributed by atoms with E-state index in [9.17, 15) is 9.59 Å². The maximum atomic E-state index is 12.4. The molecule has 0 aliphatic carbocycles. The summed E-state index contributed by atoms with van der Waals surface area (Å²) in [7, 11) is 1.58. The van der Waals surface area contributed by atoms with E-state index in [-0.39, 0.29) is 11.8 Å². The van der Waals surface area contributed by atoms with Crippen LogP contribution in [0.2, 0.25) is 0 Å². The molecule has 2 rings (SSSR count). The van der Waals surface area contributed by atoms with Gasteiger partial charge in [0, 0.05) is 24.8 Å². The Morgan fingerprint density at radius 2 is 2.35 bits per heavy atom. The Morgan fingerprint density at radius 3 is 3.00 bits per heavy atom. The molecule has 0 saturated carbocycles. The highest BCUT2D eigenvalue weighted by atomic mass is 16.2. The SMILES string of the molecule is C=CCCC(C(=O)NC)N1Cc2cc(N)ccc2C1=O. The number of hydrogen-bond acceptors (Lipinski definition) is 3. The largest absolute Gasteiger partial charge is 0.399 e. The van der Waals surface area contributed by atoms with Gasteiger partial charge in [-0.25, -0.2) is 0 Å². The average Bonchev–Trinajstić information content (AvgIpc) is 2.75. The van der Waals surface area contributed by atoms with Crippen LogP contribution in [0, 0.1) is 0 Å². The molecule has 1 unspecified atom stereocenters. The fraction of sp³-hybridized carbons (Fsp3) is 0.333. The highest BCUT2D eigenvalue weighted by Gasteiger charge is 2.35. The van der Waals surface area contributed by atoms with Gasteiger partial charge in [-0.05, 0) is 36.6 Å². The third-order valence-corrected chi connectivity index (χ3v) is 3.53. The molecule has 0 bridgehead atoms. The first kappa shape index (κ1) is 14.1. The number of nitrogen functional groups attached to an aromatic ring is 1. The zero-order valence-electron chi connectivity index (χ0n) is 11.6. The number of fused-ring (bicyclic) bond motifs is 1. The van der Waals surface area contributed by atoms with E-state index in [0.717, 1.165) is 5.56 Å². The van der Waals surface area contributed by atoms with E-state index >= 15 is 0 Å². The van der Waals surface area contributed by atoms with Gasteiger partial charge in [0.25, 0.3) is 5.91 Å². The predicted molar refractivity (Wildman–Crippen MR) is 78.0 cm³/mol. The van der Waals surface area contributed by atoms with Crippen molar-refractivity contribution in [1.82, 2.24) is 10.2 Å². The van der Waals surface area contributed by atoms with Crippen LogP contribution in [-0.2, 0) is 11.3 Å². The molecule has 1 aliphatic heterocycles.